The topological polar surface area (TPSA) is 18.5 Å². The second-order valence-corrected chi connectivity index (χ2v) is 8.64. The summed E-state index contributed by atoms with van der Waals surface area (Å²) >= 11 is 0. The maximum atomic E-state index is 12.8. The van der Waals surface area contributed by atoms with Crippen LogP contribution in [0.25, 0.3) is 0 Å². The fraction of sp³-hybridized carbons (Fsp3) is 1.00. The van der Waals surface area contributed by atoms with Crippen LogP contribution in [0, 0.1) is 17.3 Å². The molecule has 2 fully saturated rings. The highest BCUT2D eigenvalue weighted by atomic mass is 19.3. The van der Waals surface area contributed by atoms with Gasteiger partial charge in [-0.25, -0.2) is 8.78 Å². The van der Waals surface area contributed by atoms with Crippen LogP contribution < -0.4 is 0 Å². The van der Waals surface area contributed by atoms with Crippen molar-refractivity contribution in [2.45, 2.75) is 84.4 Å². The molecule has 0 aromatic rings. The van der Waals surface area contributed by atoms with E-state index in [9.17, 15) is 8.78 Å². The van der Waals surface area contributed by atoms with Crippen molar-refractivity contribution >= 4 is 0 Å². The van der Waals surface area contributed by atoms with Gasteiger partial charge in [0.15, 0.2) is 0 Å². The highest BCUT2D eigenvalue weighted by Gasteiger charge is 2.50. The Hall–Kier alpha value is -0.220. The Balaban J connectivity index is 1.63. The third-order valence-electron chi connectivity index (χ3n) is 5.35. The molecule has 2 atom stereocenters. The maximum Gasteiger partial charge on any atom is 0.248 e. The minimum atomic E-state index is -2.44. The van der Waals surface area contributed by atoms with Gasteiger partial charge in [0.2, 0.25) is 5.92 Å². The summed E-state index contributed by atoms with van der Waals surface area (Å²) in [6, 6.07) is 0. The Bertz CT molecular complexity index is 373. The fourth-order valence-corrected chi connectivity index (χ4v) is 3.28. The van der Waals surface area contributed by atoms with E-state index < -0.39 is 5.92 Å². The molecular weight excluding hydrogens is 286 g/mol. The lowest BCUT2D eigenvalue weighted by molar-refractivity contribution is -0.147. The lowest BCUT2D eigenvalue weighted by Crippen LogP contribution is -2.40. The van der Waals surface area contributed by atoms with Gasteiger partial charge in [0.05, 0.1) is 24.9 Å². The van der Waals surface area contributed by atoms with E-state index >= 15 is 0 Å². The maximum absolute atomic E-state index is 12.8. The minimum absolute atomic E-state index is 0.00455. The lowest BCUT2D eigenvalue weighted by atomic mass is 9.82. The van der Waals surface area contributed by atoms with Crippen molar-refractivity contribution in [3.63, 3.8) is 0 Å². The lowest BCUT2D eigenvalue weighted by Gasteiger charge is -2.37. The zero-order chi connectivity index (χ0) is 16.6. The summed E-state index contributed by atoms with van der Waals surface area (Å²) in [5, 5.41) is 0. The highest BCUT2D eigenvalue weighted by Crippen LogP contribution is 2.56. The van der Waals surface area contributed by atoms with E-state index in [-0.39, 0.29) is 24.4 Å². The van der Waals surface area contributed by atoms with Crippen molar-refractivity contribution < 1.29 is 18.3 Å². The molecule has 2 aliphatic carbocycles. The number of rotatable bonds is 9. The number of hydrogen-bond donors (Lipinski definition) is 0. The van der Waals surface area contributed by atoms with Crippen LogP contribution in [0.15, 0.2) is 0 Å². The van der Waals surface area contributed by atoms with Crippen molar-refractivity contribution in [1.82, 2.24) is 0 Å². The molecule has 0 amide bonds. The highest BCUT2D eigenvalue weighted by molar-refractivity contribution is 4.99. The van der Waals surface area contributed by atoms with E-state index in [1.807, 2.05) is 0 Å². The molecule has 0 spiro atoms. The molecule has 0 radical (unpaired) electrons. The monoisotopic (exact) mass is 318 g/mol. The van der Waals surface area contributed by atoms with Gasteiger partial charge < -0.3 is 9.47 Å². The predicted molar refractivity (Wildman–Crippen MR) is 84.2 cm³/mol. The molecule has 0 heterocycles. The van der Waals surface area contributed by atoms with Gasteiger partial charge in [0, 0.05) is 12.8 Å². The van der Waals surface area contributed by atoms with Gasteiger partial charge in [-0.15, -0.1) is 0 Å². The van der Waals surface area contributed by atoms with E-state index in [0.717, 1.165) is 19.4 Å². The predicted octanol–water partition coefficient (Wildman–Crippen LogP) is 5.06. The van der Waals surface area contributed by atoms with Gasteiger partial charge in [-0.05, 0) is 64.2 Å². The van der Waals surface area contributed by atoms with Crippen LogP contribution in [0.2, 0.25) is 0 Å². The number of ether oxygens (including phenoxy) is 2. The van der Waals surface area contributed by atoms with Crippen LogP contribution in [0.4, 0.5) is 8.78 Å². The van der Waals surface area contributed by atoms with Crippen molar-refractivity contribution in [2.24, 2.45) is 17.3 Å². The second-order valence-electron chi connectivity index (χ2n) is 8.64. The van der Waals surface area contributed by atoms with Crippen LogP contribution in [-0.4, -0.2) is 30.8 Å². The Morgan fingerprint density at radius 2 is 1.77 bits per heavy atom. The summed E-state index contributed by atoms with van der Waals surface area (Å²) in [5.41, 5.74) is 0.152. The van der Waals surface area contributed by atoms with Crippen molar-refractivity contribution in [3.8, 4) is 0 Å². The van der Waals surface area contributed by atoms with Crippen LogP contribution in [0.1, 0.15) is 66.7 Å². The van der Waals surface area contributed by atoms with E-state index in [4.69, 9.17) is 9.47 Å². The second kappa shape index (κ2) is 6.35. The van der Waals surface area contributed by atoms with Gasteiger partial charge in [0.25, 0.3) is 0 Å². The van der Waals surface area contributed by atoms with Gasteiger partial charge in [-0.3, -0.25) is 0 Å². The number of hydrogen-bond acceptors (Lipinski definition) is 2. The Morgan fingerprint density at radius 1 is 1.14 bits per heavy atom. The van der Waals surface area contributed by atoms with Crippen LogP contribution in [0.5, 0.6) is 0 Å². The molecule has 2 unspecified atom stereocenters. The molecule has 2 saturated carbocycles. The summed E-state index contributed by atoms with van der Waals surface area (Å²) in [6.45, 7) is 11.9. The quantitative estimate of drug-likeness (QED) is 0.591. The van der Waals surface area contributed by atoms with Gasteiger partial charge in [-0.2, -0.15) is 0 Å². The minimum Gasteiger partial charge on any atom is -0.378 e. The molecule has 0 aromatic carbocycles. The summed E-state index contributed by atoms with van der Waals surface area (Å²) < 4.78 is 37.3. The first kappa shape index (κ1) is 18.1. The Labute approximate surface area is 133 Å². The third kappa shape index (κ3) is 5.16. The number of halogens is 2. The first-order chi connectivity index (χ1) is 10.0. The first-order valence-corrected chi connectivity index (χ1v) is 8.65. The molecule has 0 aromatic heterocycles. The molecule has 0 aliphatic heterocycles. The average molecular weight is 318 g/mol. The summed E-state index contributed by atoms with van der Waals surface area (Å²) in [7, 11) is 0. The van der Waals surface area contributed by atoms with Crippen molar-refractivity contribution in [2.75, 3.05) is 13.2 Å². The van der Waals surface area contributed by atoms with Crippen LogP contribution in [0.3, 0.4) is 0 Å². The van der Waals surface area contributed by atoms with Gasteiger partial charge >= 0.3 is 0 Å². The zero-order valence-electron chi connectivity index (χ0n) is 14.8. The zero-order valence-corrected chi connectivity index (χ0v) is 14.8. The van der Waals surface area contributed by atoms with Crippen LogP contribution in [-0.2, 0) is 9.47 Å². The average Bonchev–Trinajstić information content (AvgIpc) is 3.01. The smallest absolute Gasteiger partial charge is 0.248 e. The molecule has 0 N–H and O–H groups in total. The molecule has 2 rings (SSSR count). The Morgan fingerprint density at radius 3 is 2.32 bits per heavy atom. The molecule has 0 bridgehead atoms. The first-order valence-electron chi connectivity index (χ1n) is 8.65. The standard InChI is InChI=1S/C18H32F2O2/c1-13(2)21-12-15-10-17(15,5)7-6-16(3,4)22-11-14-8-18(19,20)9-14/h13-15H,6-12H2,1-5H3. The molecule has 130 valence electrons. The van der Waals surface area contributed by atoms with E-state index in [1.54, 1.807) is 0 Å². The number of alkyl halides is 2. The Kier molecular flexibility index (Phi) is 5.23. The third-order valence-corrected chi connectivity index (χ3v) is 5.35. The van der Waals surface area contributed by atoms with E-state index in [1.165, 1.54) is 6.42 Å². The molecule has 0 saturated heterocycles. The summed E-state index contributed by atoms with van der Waals surface area (Å²) in [4.78, 5) is 0. The normalized spacial score (nSPS) is 31.4. The van der Waals surface area contributed by atoms with Crippen LogP contribution >= 0.6 is 0 Å². The molecule has 4 heteroatoms. The molecule has 2 aliphatic rings. The van der Waals surface area contributed by atoms with Crippen molar-refractivity contribution in [3.05, 3.63) is 0 Å². The summed E-state index contributed by atoms with van der Waals surface area (Å²) in [5.74, 6) is -1.74. The van der Waals surface area contributed by atoms with E-state index in [0.29, 0.717) is 24.0 Å². The van der Waals surface area contributed by atoms with E-state index in [2.05, 4.69) is 34.6 Å². The largest absolute Gasteiger partial charge is 0.378 e. The molecule has 2 nitrogen and oxygen atoms in total. The molecule has 22 heavy (non-hydrogen) atoms. The van der Waals surface area contributed by atoms with Gasteiger partial charge in [-0.1, -0.05) is 6.92 Å². The van der Waals surface area contributed by atoms with Gasteiger partial charge in [0.1, 0.15) is 0 Å². The fourth-order valence-electron chi connectivity index (χ4n) is 3.28. The summed E-state index contributed by atoms with van der Waals surface area (Å²) in [6.07, 6.45) is 3.61. The van der Waals surface area contributed by atoms with Crippen molar-refractivity contribution in [1.29, 1.82) is 0 Å². The SMILES string of the molecule is CC(C)OCC1CC1(C)CCC(C)(C)OCC1CC(F)(F)C1. The molecular formula is C18H32F2O2.